The van der Waals surface area contributed by atoms with Crippen LogP contribution in [-0.4, -0.2) is 104 Å². The molecule has 1 saturated heterocycles. The quantitative estimate of drug-likeness (QED) is 0.0854. The third kappa shape index (κ3) is 7.74. The Morgan fingerprint density at radius 1 is 0.579 bits per heavy atom. The van der Waals surface area contributed by atoms with E-state index in [1.807, 2.05) is 0 Å². The minimum absolute atomic E-state index is 0.0672. The van der Waals surface area contributed by atoms with Gasteiger partial charge in [-0.1, -0.05) is 140 Å². The normalized spacial score (nSPS) is 22.9. The van der Waals surface area contributed by atoms with Gasteiger partial charge in [0.2, 0.25) is 28.6 Å². The van der Waals surface area contributed by atoms with Crippen molar-refractivity contribution < 1.29 is 58.6 Å². The summed E-state index contributed by atoms with van der Waals surface area (Å²) in [6, 6.07) is 37.2. The van der Waals surface area contributed by atoms with Gasteiger partial charge in [0.15, 0.2) is 11.9 Å². The van der Waals surface area contributed by atoms with Gasteiger partial charge in [0.1, 0.15) is 12.7 Å². The number of nitrogens with zero attached hydrogens (tertiary/aromatic N) is 1. The summed E-state index contributed by atoms with van der Waals surface area (Å²) in [5.41, 5.74) is -11.3. The van der Waals surface area contributed by atoms with E-state index in [9.17, 15) is 44.4 Å². The Morgan fingerprint density at radius 3 is 1.47 bits per heavy atom. The number of carbonyl (C=O) groups excluding carboxylic acids is 4. The molecule has 6 rings (SSSR count). The number of benzene rings is 5. The Bertz CT molecular complexity index is 2190. The van der Waals surface area contributed by atoms with Crippen LogP contribution < -0.4 is 0 Å². The van der Waals surface area contributed by atoms with Gasteiger partial charge in [0, 0.05) is 29.8 Å². The first kappa shape index (κ1) is 40.3. The molecule has 0 unspecified atom stereocenters. The number of hydrogen-bond acceptors (Lipinski definition) is 11. The van der Waals surface area contributed by atoms with E-state index in [4.69, 9.17) is 14.2 Å². The smallest absolute Gasteiger partial charge is 0.407 e. The Balaban J connectivity index is 1.52. The van der Waals surface area contributed by atoms with Crippen LogP contribution in [0.3, 0.4) is 0 Å². The van der Waals surface area contributed by atoms with Gasteiger partial charge in [0.05, 0.1) is 12.2 Å². The topological polar surface area (TPSA) is 197 Å². The zero-order valence-electron chi connectivity index (χ0n) is 30.4. The second-order valence-electron chi connectivity index (χ2n) is 13.3. The van der Waals surface area contributed by atoms with Crippen LogP contribution in [0.1, 0.15) is 47.0 Å². The van der Waals surface area contributed by atoms with Gasteiger partial charge in [-0.15, -0.1) is 0 Å². The summed E-state index contributed by atoms with van der Waals surface area (Å²) in [6.07, 6.45) is -5.95. The maximum absolute atomic E-state index is 15.0. The van der Waals surface area contributed by atoms with E-state index in [0.717, 1.165) is 4.90 Å². The summed E-state index contributed by atoms with van der Waals surface area (Å²) in [7, 11) is 0. The average molecular weight is 774 g/mol. The third-order valence-corrected chi connectivity index (χ3v) is 9.82. The summed E-state index contributed by atoms with van der Waals surface area (Å²) in [5.74, 6) is -5.18. The number of carbonyl (C=O) groups is 5. The summed E-state index contributed by atoms with van der Waals surface area (Å²) < 4.78 is 17.6. The van der Waals surface area contributed by atoms with Crippen LogP contribution in [0, 0.1) is 0 Å². The molecule has 0 bridgehead atoms. The lowest BCUT2D eigenvalue weighted by molar-refractivity contribution is -0.358. The van der Waals surface area contributed by atoms with E-state index < -0.39 is 71.8 Å². The largest absolute Gasteiger partial charge is 0.465 e. The number of hydrogen-bond donors (Lipinski definition) is 4. The number of aliphatic hydroxyl groups is 3. The molecule has 13 heteroatoms. The molecule has 0 spiro atoms. The van der Waals surface area contributed by atoms with Gasteiger partial charge >= 0.3 is 12.1 Å². The fourth-order valence-corrected chi connectivity index (χ4v) is 6.83. The second-order valence-corrected chi connectivity index (χ2v) is 13.3. The highest BCUT2D eigenvalue weighted by Gasteiger charge is 2.81. The molecular formula is C44H39NO12. The zero-order valence-corrected chi connectivity index (χ0v) is 30.4. The highest BCUT2D eigenvalue weighted by molar-refractivity contribution is 6.18. The van der Waals surface area contributed by atoms with Gasteiger partial charge in [0.25, 0.3) is 0 Å². The standard InChI is InChI=1S/C44H39NO12/c46-36(31-18-8-2-9-19-31)42(52)35(29-56-39(49)34-24-14-5-15-25-34)57-40(55-27-26-45(41(50)51)28-30-16-6-1-7-17-30)43(53,37(47)32-20-10-3-11-21-32)44(42,54)38(48)33-22-12-4-13-23-33/h1-25,35,40,52-54H,26-29H2,(H,50,51)/t35-,40-,42-,43+,44+/m1/s1. The molecule has 0 radical (unpaired) electrons. The van der Waals surface area contributed by atoms with Crippen molar-refractivity contribution in [2.24, 2.45) is 0 Å². The van der Waals surface area contributed by atoms with Crippen LogP contribution >= 0.6 is 0 Å². The minimum atomic E-state index is -3.86. The molecule has 13 nitrogen and oxygen atoms in total. The zero-order chi connectivity index (χ0) is 40.6. The molecule has 5 atom stereocenters. The van der Waals surface area contributed by atoms with Crippen molar-refractivity contribution in [1.29, 1.82) is 0 Å². The van der Waals surface area contributed by atoms with Gasteiger partial charge in [-0.3, -0.25) is 14.4 Å². The number of carboxylic acid groups (broad SMARTS) is 1. The molecule has 1 amide bonds. The van der Waals surface area contributed by atoms with Crippen LogP contribution in [0.2, 0.25) is 0 Å². The summed E-state index contributed by atoms with van der Waals surface area (Å²) in [4.78, 5) is 71.1. The van der Waals surface area contributed by atoms with Crippen LogP contribution in [0.5, 0.6) is 0 Å². The Hall–Kier alpha value is -6.35. The maximum atomic E-state index is 15.0. The van der Waals surface area contributed by atoms with Gasteiger partial charge in [-0.05, 0) is 17.7 Å². The van der Waals surface area contributed by atoms with Crippen molar-refractivity contribution in [2.75, 3.05) is 19.8 Å². The molecule has 1 heterocycles. The van der Waals surface area contributed by atoms with Crippen LogP contribution in [-0.2, 0) is 20.8 Å². The number of ether oxygens (including phenoxy) is 3. The van der Waals surface area contributed by atoms with E-state index in [1.165, 1.54) is 84.9 Å². The second kappa shape index (κ2) is 17.2. The van der Waals surface area contributed by atoms with Crippen LogP contribution in [0.4, 0.5) is 4.79 Å². The molecule has 5 aromatic carbocycles. The van der Waals surface area contributed by atoms with Gasteiger partial charge in [-0.2, -0.15) is 0 Å². The Morgan fingerprint density at radius 2 is 1.00 bits per heavy atom. The van der Waals surface area contributed by atoms with E-state index in [0.29, 0.717) is 5.56 Å². The predicted molar refractivity (Wildman–Crippen MR) is 203 cm³/mol. The van der Waals surface area contributed by atoms with E-state index >= 15 is 0 Å². The summed E-state index contributed by atoms with van der Waals surface area (Å²) in [5, 5.41) is 49.2. The maximum Gasteiger partial charge on any atom is 0.407 e. The van der Waals surface area contributed by atoms with Crippen molar-refractivity contribution in [3.63, 3.8) is 0 Å². The number of esters is 1. The number of rotatable bonds is 15. The molecule has 1 fully saturated rings. The molecule has 292 valence electrons. The van der Waals surface area contributed by atoms with Crippen molar-refractivity contribution in [3.05, 3.63) is 179 Å². The molecule has 1 aliphatic rings. The van der Waals surface area contributed by atoms with E-state index in [1.54, 1.807) is 66.7 Å². The molecule has 0 aliphatic carbocycles. The molecule has 1 aliphatic heterocycles. The predicted octanol–water partition coefficient (Wildman–Crippen LogP) is 4.61. The fraction of sp³-hybridized carbons (Fsp3) is 0.205. The molecule has 5 aromatic rings. The number of Topliss-reactive ketones (excluding diaryl/α,β-unsaturated/α-hetero) is 3. The van der Waals surface area contributed by atoms with Crippen LogP contribution in [0.25, 0.3) is 0 Å². The van der Waals surface area contributed by atoms with Crippen molar-refractivity contribution in [2.45, 2.75) is 35.7 Å². The highest BCUT2D eigenvalue weighted by Crippen LogP contribution is 2.50. The highest BCUT2D eigenvalue weighted by atomic mass is 16.7. The molecule has 0 saturated carbocycles. The fourth-order valence-electron chi connectivity index (χ4n) is 6.83. The minimum Gasteiger partial charge on any atom is -0.465 e. The average Bonchev–Trinajstić information content (AvgIpc) is 3.26. The van der Waals surface area contributed by atoms with E-state index in [2.05, 4.69) is 0 Å². The number of ketones is 3. The molecule has 57 heavy (non-hydrogen) atoms. The Labute approximate surface area is 327 Å². The van der Waals surface area contributed by atoms with Crippen molar-refractivity contribution in [3.8, 4) is 0 Å². The van der Waals surface area contributed by atoms with Crippen molar-refractivity contribution >= 4 is 29.4 Å². The first-order valence-corrected chi connectivity index (χ1v) is 17.9. The SMILES string of the molecule is O=C(OC[C@H]1O[C@@H](OCCN(Cc2ccccc2)C(=O)O)[C@@](O)(C(=O)c2ccccc2)[C@](O)(C(=O)c2ccccc2)[C@]1(O)C(=O)c1ccccc1)c1ccccc1. The van der Waals surface area contributed by atoms with Gasteiger partial charge < -0.3 is 39.5 Å². The Kier molecular flexibility index (Phi) is 12.2. The monoisotopic (exact) mass is 773 g/mol. The number of amides is 1. The first-order chi connectivity index (χ1) is 27.4. The van der Waals surface area contributed by atoms with Crippen LogP contribution in [0.15, 0.2) is 152 Å². The molecule has 0 aromatic heterocycles. The summed E-state index contributed by atoms with van der Waals surface area (Å²) >= 11 is 0. The van der Waals surface area contributed by atoms with E-state index in [-0.39, 0.29) is 35.3 Å². The third-order valence-electron chi connectivity index (χ3n) is 9.82. The molecular weight excluding hydrogens is 734 g/mol. The van der Waals surface area contributed by atoms with Gasteiger partial charge in [-0.25, -0.2) is 9.59 Å². The lowest BCUT2D eigenvalue weighted by Gasteiger charge is -2.57. The molecule has 4 N–H and O–H groups in total. The lowest BCUT2D eigenvalue weighted by Crippen LogP contribution is -2.87. The van der Waals surface area contributed by atoms with Crippen molar-refractivity contribution in [1.82, 2.24) is 4.90 Å². The summed E-state index contributed by atoms with van der Waals surface area (Å²) in [6.45, 7) is -2.09. The first-order valence-electron chi connectivity index (χ1n) is 17.9. The lowest BCUT2D eigenvalue weighted by atomic mass is 9.58.